The highest BCUT2D eigenvalue weighted by molar-refractivity contribution is 5.78. The molecule has 2 aromatic heterocycles. The zero-order valence-corrected chi connectivity index (χ0v) is 13.6. The maximum Gasteiger partial charge on any atom is 0.198 e. The standard InChI is InChI=1S/C18H19N6/c1-23-6-8-24(9-7-23)15-4-2-14(3-5-15)18-16(10-19-13-22-18)17-11-20-12-21-17/h2-5,10-12H,6-9H2,1H3,(H,20,21). The van der Waals surface area contributed by atoms with Crippen LogP contribution in [0.25, 0.3) is 22.5 Å². The van der Waals surface area contributed by atoms with Gasteiger partial charge in [0.15, 0.2) is 6.33 Å². The number of nitrogens with zero attached hydrogens (tertiary/aromatic N) is 5. The zero-order chi connectivity index (χ0) is 16.4. The van der Waals surface area contributed by atoms with Crippen LogP contribution in [0.4, 0.5) is 5.69 Å². The highest BCUT2D eigenvalue weighted by Crippen LogP contribution is 2.29. The Labute approximate surface area is 141 Å². The number of nitrogens with one attached hydrogen (secondary N) is 1. The van der Waals surface area contributed by atoms with Crippen LogP contribution in [0.5, 0.6) is 0 Å². The summed E-state index contributed by atoms with van der Waals surface area (Å²) < 4.78 is 0. The number of hydrogen-bond acceptors (Lipinski definition) is 5. The van der Waals surface area contributed by atoms with Crippen molar-refractivity contribution in [3.05, 3.63) is 49.3 Å². The molecule has 3 aromatic rings. The lowest BCUT2D eigenvalue weighted by atomic mass is 10.0. The first-order valence-electron chi connectivity index (χ1n) is 8.07. The molecular weight excluding hydrogens is 300 g/mol. The van der Waals surface area contributed by atoms with E-state index in [1.807, 2.05) is 0 Å². The number of piperazine rings is 1. The second-order valence-electron chi connectivity index (χ2n) is 6.03. The van der Waals surface area contributed by atoms with Gasteiger partial charge in [0.1, 0.15) is 0 Å². The van der Waals surface area contributed by atoms with Gasteiger partial charge < -0.3 is 14.8 Å². The third-order valence-electron chi connectivity index (χ3n) is 4.47. The topological polar surface area (TPSA) is 60.9 Å². The van der Waals surface area contributed by atoms with Crippen molar-refractivity contribution in [3.8, 4) is 22.5 Å². The third-order valence-corrected chi connectivity index (χ3v) is 4.47. The zero-order valence-electron chi connectivity index (χ0n) is 13.6. The van der Waals surface area contributed by atoms with Gasteiger partial charge in [-0.1, -0.05) is 12.1 Å². The van der Waals surface area contributed by atoms with E-state index in [4.69, 9.17) is 0 Å². The van der Waals surface area contributed by atoms with Crippen molar-refractivity contribution in [1.82, 2.24) is 24.8 Å². The van der Waals surface area contributed by atoms with E-state index in [0.717, 1.165) is 48.7 Å². The molecule has 121 valence electrons. The molecule has 1 saturated heterocycles. The Hall–Kier alpha value is -2.73. The lowest BCUT2D eigenvalue weighted by Gasteiger charge is -2.34. The minimum Gasteiger partial charge on any atom is -0.369 e. The molecule has 1 aromatic carbocycles. The molecule has 1 radical (unpaired) electrons. The van der Waals surface area contributed by atoms with Gasteiger partial charge >= 0.3 is 0 Å². The van der Waals surface area contributed by atoms with Crippen molar-refractivity contribution < 1.29 is 0 Å². The van der Waals surface area contributed by atoms with E-state index in [0.29, 0.717) is 0 Å². The van der Waals surface area contributed by atoms with Gasteiger partial charge in [-0.05, 0) is 19.2 Å². The SMILES string of the molecule is CN1CCN(c2ccc(-c3n[c]ncc3-c3cnc[nH]3)cc2)CC1. The number of benzene rings is 1. The number of anilines is 1. The number of rotatable bonds is 3. The van der Waals surface area contributed by atoms with Crippen LogP contribution < -0.4 is 4.90 Å². The Kier molecular flexibility index (Phi) is 3.96. The van der Waals surface area contributed by atoms with Crippen LogP contribution in [-0.2, 0) is 0 Å². The molecule has 0 bridgehead atoms. The molecule has 0 saturated carbocycles. The minimum absolute atomic E-state index is 0.860. The second kappa shape index (κ2) is 6.41. The first-order chi connectivity index (χ1) is 11.8. The largest absolute Gasteiger partial charge is 0.369 e. The lowest BCUT2D eigenvalue weighted by molar-refractivity contribution is 0.313. The molecule has 6 heteroatoms. The molecule has 4 rings (SSSR count). The van der Waals surface area contributed by atoms with E-state index < -0.39 is 0 Å². The highest BCUT2D eigenvalue weighted by Gasteiger charge is 2.15. The second-order valence-corrected chi connectivity index (χ2v) is 6.03. The summed E-state index contributed by atoms with van der Waals surface area (Å²) in [6.07, 6.45) is 7.90. The molecule has 1 aliphatic rings. The van der Waals surface area contributed by atoms with E-state index >= 15 is 0 Å². The molecule has 0 amide bonds. The fraction of sp³-hybridized carbons (Fsp3) is 0.278. The molecule has 1 aliphatic heterocycles. The van der Waals surface area contributed by atoms with Crippen molar-refractivity contribution in [2.75, 3.05) is 38.1 Å². The number of imidazole rings is 1. The molecule has 24 heavy (non-hydrogen) atoms. The monoisotopic (exact) mass is 319 g/mol. The summed E-state index contributed by atoms with van der Waals surface area (Å²) in [6, 6.07) is 8.56. The summed E-state index contributed by atoms with van der Waals surface area (Å²) in [5.74, 6) is 0. The van der Waals surface area contributed by atoms with Crippen LogP contribution in [-0.4, -0.2) is 58.1 Å². The smallest absolute Gasteiger partial charge is 0.198 e. The molecule has 3 heterocycles. The predicted octanol–water partition coefficient (Wildman–Crippen LogP) is 2.09. The highest BCUT2D eigenvalue weighted by atomic mass is 15.2. The van der Waals surface area contributed by atoms with E-state index in [2.05, 4.69) is 67.4 Å². The first kappa shape index (κ1) is 14.8. The summed E-state index contributed by atoms with van der Waals surface area (Å²) in [4.78, 5) is 20.4. The van der Waals surface area contributed by atoms with Gasteiger partial charge in [-0.2, -0.15) is 0 Å². The molecule has 1 N–H and O–H groups in total. The molecule has 6 nitrogen and oxygen atoms in total. The van der Waals surface area contributed by atoms with Gasteiger partial charge in [0, 0.05) is 49.2 Å². The Bertz CT molecular complexity index is 789. The maximum atomic E-state index is 4.35. The van der Waals surface area contributed by atoms with Crippen LogP contribution in [0.1, 0.15) is 0 Å². The third kappa shape index (κ3) is 2.88. The molecular formula is C18H19N6. The molecule has 0 atom stereocenters. The van der Waals surface area contributed by atoms with Crippen molar-refractivity contribution in [1.29, 1.82) is 0 Å². The van der Waals surface area contributed by atoms with E-state index in [9.17, 15) is 0 Å². The normalized spacial score (nSPS) is 15.6. The number of aromatic nitrogens is 4. The fourth-order valence-electron chi connectivity index (χ4n) is 3.01. The minimum atomic E-state index is 0.860. The van der Waals surface area contributed by atoms with Gasteiger partial charge in [-0.3, -0.25) is 0 Å². The summed E-state index contributed by atoms with van der Waals surface area (Å²) in [7, 11) is 2.17. The summed E-state index contributed by atoms with van der Waals surface area (Å²) in [5, 5.41) is 0. The van der Waals surface area contributed by atoms with Crippen LogP contribution >= 0.6 is 0 Å². The van der Waals surface area contributed by atoms with Crippen LogP contribution in [0, 0.1) is 6.33 Å². The predicted molar refractivity (Wildman–Crippen MR) is 93.6 cm³/mol. The van der Waals surface area contributed by atoms with Gasteiger partial charge in [0.2, 0.25) is 0 Å². The molecule has 0 aliphatic carbocycles. The quantitative estimate of drug-likeness (QED) is 0.801. The Balaban J connectivity index is 1.62. The van der Waals surface area contributed by atoms with Gasteiger partial charge in [0.05, 0.1) is 23.9 Å². The van der Waals surface area contributed by atoms with Gasteiger partial charge in [0.25, 0.3) is 0 Å². The Morgan fingerprint density at radius 2 is 1.83 bits per heavy atom. The van der Waals surface area contributed by atoms with Crippen molar-refractivity contribution in [2.24, 2.45) is 0 Å². The fourth-order valence-corrected chi connectivity index (χ4v) is 3.01. The number of aromatic amines is 1. The number of likely N-dealkylation sites (N-methyl/N-ethyl adjacent to an activating group) is 1. The van der Waals surface area contributed by atoms with E-state index in [1.165, 1.54) is 5.69 Å². The first-order valence-corrected chi connectivity index (χ1v) is 8.07. The van der Waals surface area contributed by atoms with Gasteiger partial charge in [-0.15, -0.1) is 0 Å². The Morgan fingerprint density at radius 3 is 2.54 bits per heavy atom. The lowest BCUT2D eigenvalue weighted by Crippen LogP contribution is -2.44. The van der Waals surface area contributed by atoms with Crippen LogP contribution in [0.3, 0.4) is 0 Å². The van der Waals surface area contributed by atoms with Crippen molar-refractivity contribution >= 4 is 5.69 Å². The van der Waals surface area contributed by atoms with Crippen molar-refractivity contribution in [2.45, 2.75) is 0 Å². The van der Waals surface area contributed by atoms with Gasteiger partial charge in [-0.25, -0.2) is 15.0 Å². The summed E-state index contributed by atoms with van der Waals surface area (Å²) in [5.41, 5.74) is 5.00. The van der Waals surface area contributed by atoms with E-state index in [-0.39, 0.29) is 0 Å². The van der Waals surface area contributed by atoms with E-state index in [1.54, 1.807) is 18.7 Å². The van der Waals surface area contributed by atoms with Crippen LogP contribution in [0.2, 0.25) is 0 Å². The molecule has 0 unspecified atom stereocenters. The Morgan fingerprint density at radius 1 is 1.04 bits per heavy atom. The number of hydrogen-bond donors (Lipinski definition) is 1. The molecule has 0 spiro atoms. The van der Waals surface area contributed by atoms with Crippen molar-refractivity contribution in [3.63, 3.8) is 0 Å². The number of H-pyrrole nitrogens is 1. The average Bonchev–Trinajstić information content (AvgIpc) is 3.17. The van der Waals surface area contributed by atoms with Crippen LogP contribution in [0.15, 0.2) is 43.0 Å². The summed E-state index contributed by atoms with van der Waals surface area (Å²) >= 11 is 0. The summed E-state index contributed by atoms with van der Waals surface area (Å²) in [6.45, 7) is 4.34. The molecule has 1 fully saturated rings. The average molecular weight is 319 g/mol. The maximum absolute atomic E-state index is 4.35.